The van der Waals surface area contributed by atoms with Gasteiger partial charge in [0.05, 0.1) is 12.0 Å². The predicted molar refractivity (Wildman–Crippen MR) is 89.8 cm³/mol. The van der Waals surface area contributed by atoms with Crippen LogP contribution in [0.15, 0.2) is 36.9 Å². The molecule has 0 saturated carbocycles. The highest BCUT2D eigenvalue weighted by molar-refractivity contribution is 5.81. The number of nitrogens with zero attached hydrogens (tertiary/aromatic N) is 1. The van der Waals surface area contributed by atoms with Crippen LogP contribution in [0.2, 0.25) is 0 Å². The minimum absolute atomic E-state index is 0.0630. The molecule has 0 aromatic heterocycles. The number of rotatable bonds is 6. The van der Waals surface area contributed by atoms with Crippen LogP contribution in [0.25, 0.3) is 0 Å². The van der Waals surface area contributed by atoms with E-state index < -0.39 is 5.41 Å². The van der Waals surface area contributed by atoms with E-state index in [9.17, 15) is 14.0 Å². The van der Waals surface area contributed by atoms with Crippen LogP contribution < -0.4 is 0 Å². The Labute approximate surface area is 142 Å². The van der Waals surface area contributed by atoms with Gasteiger partial charge in [-0.1, -0.05) is 24.3 Å². The molecule has 0 spiro atoms. The summed E-state index contributed by atoms with van der Waals surface area (Å²) in [6.07, 6.45) is 3.29. The number of halogens is 1. The highest BCUT2D eigenvalue weighted by Crippen LogP contribution is 2.36. The molecule has 1 amide bonds. The number of ether oxygens (including phenoxy) is 1. The smallest absolute Gasteiger partial charge is 0.314 e. The first kappa shape index (κ1) is 18.2. The molecule has 1 aliphatic rings. The van der Waals surface area contributed by atoms with E-state index in [4.69, 9.17) is 4.74 Å². The number of hydrogen-bond acceptors (Lipinski definition) is 3. The largest absolute Gasteiger partial charge is 0.466 e. The standard InChI is InChI=1S/C19H24FNO3/c1-3-8-17(22)21-12-7-11-19(14-21,18(23)24-4-2)13-15-9-5-6-10-16(15)20/h3,5-6,9-10H,1,4,7-8,11-14H2,2H3/t19-/m1/s1. The van der Waals surface area contributed by atoms with Gasteiger partial charge in [-0.2, -0.15) is 0 Å². The molecule has 0 aliphatic carbocycles. The zero-order valence-corrected chi connectivity index (χ0v) is 14.1. The van der Waals surface area contributed by atoms with Gasteiger partial charge in [-0.25, -0.2) is 4.39 Å². The van der Waals surface area contributed by atoms with E-state index in [-0.39, 0.29) is 43.7 Å². The Balaban J connectivity index is 2.29. The monoisotopic (exact) mass is 333 g/mol. The molecule has 1 saturated heterocycles. The molecule has 130 valence electrons. The molecule has 1 atom stereocenters. The first-order chi connectivity index (χ1) is 11.5. The lowest BCUT2D eigenvalue weighted by molar-refractivity contribution is -0.160. The molecule has 1 heterocycles. The van der Waals surface area contributed by atoms with E-state index in [1.807, 2.05) is 0 Å². The van der Waals surface area contributed by atoms with Gasteiger partial charge >= 0.3 is 5.97 Å². The topological polar surface area (TPSA) is 46.6 Å². The molecule has 1 aromatic carbocycles. The number of esters is 1. The SMILES string of the molecule is C=CCC(=O)N1CCC[C@](Cc2ccccc2F)(C(=O)OCC)C1. The Hall–Kier alpha value is -2.17. The molecule has 1 aliphatic heterocycles. The van der Waals surface area contributed by atoms with Crippen molar-refractivity contribution in [2.45, 2.75) is 32.6 Å². The van der Waals surface area contributed by atoms with Crippen molar-refractivity contribution in [2.75, 3.05) is 19.7 Å². The highest BCUT2D eigenvalue weighted by atomic mass is 19.1. The molecule has 0 radical (unpaired) electrons. The predicted octanol–water partition coefficient (Wildman–Crippen LogP) is 3.12. The summed E-state index contributed by atoms with van der Waals surface area (Å²) in [5, 5.41) is 0. The minimum Gasteiger partial charge on any atom is -0.466 e. The number of carbonyl (C=O) groups is 2. The second-order valence-corrected chi connectivity index (χ2v) is 6.18. The Morgan fingerprint density at radius 3 is 2.83 bits per heavy atom. The van der Waals surface area contributed by atoms with E-state index in [2.05, 4.69) is 6.58 Å². The van der Waals surface area contributed by atoms with Gasteiger partial charge in [-0.05, 0) is 37.8 Å². The second kappa shape index (κ2) is 8.08. The molecule has 1 fully saturated rings. The Morgan fingerprint density at radius 1 is 1.42 bits per heavy atom. The number of amides is 1. The van der Waals surface area contributed by atoms with Crippen molar-refractivity contribution >= 4 is 11.9 Å². The Kier molecular flexibility index (Phi) is 6.12. The number of benzene rings is 1. The average molecular weight is 333 g/mol. The molecule has 1 aromatic rings. The van der Waals surface area contributed by atoms with Gasteiger partial charge in [0, 0.05) is 19.5 Å². The van der Waals surface area contributed by atoms with Crippen LogP contribution in [0.5, 0.6) is 0 Å². The summed E-state index contributed by atoms with van der Waals surface area (Å²) in [6, 6.07) is 6.44. The Bertz CT molecular complexity index is 616. The molecular formula is C19H24FNO3. The van der Waals surface area contributed by atoms with Crippen LogP contribution in [-0.2, 0) is 20.7 Å². The third-order valence-electron chi connectivity index (χ3n) is 4.44. The van der Waals surface area contributed by atoms with E-state index >= 15 is 0 Å². The van der Waals surface area contributed by atoms with Crippen molar-refractivity contribution in [1.82, 2.24) is 4.90 Å². The van der Waals surface area contributed by atoms with Crippen molar-refractivity contribution in [3.63, 3.8) is 0 Å². The van der Waals surface area contributed by atoms with Crippen molar-refractivity contribution in [3.05, 3.63) is 48.3 Å². The minimum atomic E-state index is -0.896. The summed E-state index contributed by atoms with van der Waals surface area (Å²) >= 11 is 0. The van der Waals surface area contributed by atoms with Crippen LogP contribution in [0.1, 0.15) is 31.7 Å². The van der Waals surface area contributed by atoms with E-state index in [0.717, 1.165) is 0 Å². The molecule has 0 N–H and O–H groups in total. The van der Waals surface area contributed by atoms with Gasteiger partial charge in [-0.15, -0.1) is 6.58 Å². The van der Waals surface area contributed by atoms with Gasteiger partial charge in [0.2, 0.25) is 5.91 Å². The van der Waals surface area contributed by atoms with Gasteiger partial charge in [0.1, 0.15) is 5.82 Å². The van der Waals surface area contributed by atoms with Crippen molar-refractivity contribution < 1.29 is 18.7 Å². The zero-order valence-electron chi connectivity index (χ0n) is 14.1. The van der Waals surface area contributed by atoms with E-state index in [0.29, 0.717) is 24.9 Å². The highest BCUT2D eigenvalue weighted by Gasteiger charge is 2.45. The Morgan fingerprint density at radius 2 is 2.17 bits per heavy atom. The fourth-order valence-corrected chi connectivity index (χ4v) is 3.27. The van der Waals surface area contributed by atoms with Crippen molar-refractivity contribution in [1.29, 1.82) is 0 Å². The van der Waals surface area contributed by atoms with E-state index in [1.165, 1.54) is 6.07 Å². The first-order valence-corrected chi connectivity index (χ1v) is 8.31. The van der Waals surface area contributed by atoms with Gasteiger partial charge in [-0.3, -0.25) is 9.59 Å². The maximum absolute atomic E-state index is 14.1. The third kappa shape index (κ3) is 4.02. The van der Waals surface area contributed by atoms with Crippen LogP contribution >= 0.6 is 0 Å². The first-order valence-electron chi connectivity index (χ1n) is 8.31. The molecule has 24 heavy (non-hydrogen) atoms. The van der Waals surface area contributed by atoms with Crippen LogP contribution in [-0.4, -0.2) is 36.5 Å². The number of hydrogen-bond donors (Lipinski definition) is 0. The number of likely N-dealkylation sites (tertiary alicyclic amines) is 1. The molecule has 2 rings (SSSR count). The zero-order chi connectivity index (χ0) is 17.6. The van der Waals surface area contributed by atoms with E-state index in [1.54, 1.807) is 36.1 Å². The van der Waals surface area contributed by atoms with Gasteiger partial charge in [0.15, 0.2) is 0 Å². The fraction of sp³-hybridized carbons (Fsp3) is 0.474. The number of carbonyl (C=O) groups excluding carboxylic acids is 2. The molecule has 5 heteroatoms. The summed E-state index contributed by atoms with van der Waals surface area (Å²) in [4.78, 5) is 26.5. The number of piperidine rings is 1. The molecular weight excluding hydrogens is 309 g/mol. The quantitative estimate of drug-likeness (QED) is 0.593. The second-order valence-electron chi connectivity index (χ2n) is 6.18. The summed E-state index contributed by atoms with van der Waals surface area (Å²) in [5.74, 6) is -0.757. The summed E-state index contributed by atoms with van der Waals surface area (Å²) in [5.41, 5.74) is -0.420. The summed E-state index contributed by atoms with van der Waals surface area (Å²) < 4.78 is 19.4. The molecule has 4 nitrogen and oxygen atoms in total. The van der Waals surface area contributed by atoms with Gasteiger partial charge in [0.25, 0.3) is 0 Å². The summed E-state index contributed by atoms with van der Waals surface area (Å²) in [6.45, 7) is 6.46. The lowest BCUT2D eigenvalue weighted by Gasteiger charge is -2.41. The lowest BCUT2D eigenvalue weighted by Crippen LogP contribution is -2.51. The molecule has 0 bridgehead atoms. The maximum atomic E-state index is 14.1. The lowest BCUT2D eigenvalue weighted by atomic mass is 9.75. The van der Waals surface area contributed by atoms with Crippen LogP contribution in [0.3, 0.4) is 0 Å². The third-order valence-corrected chi connectivity index (χ3v) is 4.44. The van der Waals surface area contributed by atoms with Crippen LogP contribution in [0, 0.1) is 11.2 Å². The average Bonchev–Trinajstić information content (AvgIpc) is 2.57. The van der Waals surface area contributed by atoms with Crippen LogP contribution in [0.4, 0.5) is 4.39 Å². The normalized spacial score (nSPS) is 20.5. The fourth-order valence-electron chi connectivity index (χ4n) is 3.27. The summed E-state index contributed by atoms with van der Waals surface area (Å²) in [7, 11) is 0. The molecule has 0 unspecified atom stereocenters. The van der Waals surface area contributed by atoms with Gasteiger partial charge < -0.3 is 9.64 Å². The van der Waals surface area contributed by atoms with Crippen molar-refractivity contribution in [2.24, 2.45) is 5.41 Å². The van der Waals surface area contributed by atoms with Crippen molar-refractivity contribution in [3.8, 4) is 0 Å². The maximum Gasteiger partial charge on any atom is 0.314 e.